The third-order valence-electron chi connectivity index (χ3n) is 4.56. The standard InChI is InChI=1S/C21H16ClFN2O/c22-21(26)19-18-8-4-7-15(13-14-5-2-1-3-6-14)20(18)25(24-19)17-11-9-16(23)10-12-17/h1-3,5-6,9-13H,4,7-8H2. The molecule has 0 bridgehead atoms. The normalized spacial score (nSPS) is 15.1. The molecule has 1 heterocycles. The number of carbonyl (C=O) groups excluding carboxylic acids is 1. The summed E-state index contributed by atoms with van der Waals surface area (Å²) in [6.45, 7) is 0. The monoisotopic (exact) mass is 366 g/mol. The molecule has 26 heavy (non-hydrogen) atoms. The predicted molar refractivity (Wildman–Crippen MR) is 101 cm³/mol. The highest BCUT2D eigenvalue weighted by atomic mass is 35.5. The Balaban J connectivity index is 1.92. The lowest BCUT2D eigenvalue weighted by Gasteiger charge is -2.18. The highest BCUT2D eigenvalue weighted by Gasteiger charge is 2.27. The number of halogens is 2. The van der Waals surface area contributed by atoms with Crippen LogP contribution in [0.3, 0.4) is 0 Å². The molecule has 0 aliphatic heterocycles. The van der Waals surface area contributed by atoms with Crippen molar-refractivity contribution in [2.24, 2.45) is 0 Å². The summed E-state index contributed by atoms with van der Waals surface area (Å²) >= 11 is 5.78. The number of benzene rings is 2. The van der Waals surface area contributed by atoms with Crippen molar-refractivity contribution >= 4 is 28.5 Å². The molecule has 3 aromatic rings. The summed E-state index contributed by atoms with van der Waals surface area (Å²) in [4.78, 5) is 11.9. The van der Waals surface area contributed by atoms with E-state index in [0.29, 0.717) is 5.69 Å². The molecule has 0 saturated carbocycles. The average Bonchev–Trinajstić information content (AvgIpc) is 3.04. The molecule has 3 nitrogen and oxygen atoms in total. The molecule has 4 rings (SSSR count). The second-order valence-electron chi connectivity index (χ2n) is 6.27. The van der Waals surface area contributed by atoms with E-state index < -0.39 is 5.24 Å². The zero-order valence-electron chi connectivity index (χ0n) is 14.0. The highest BCUT2D eigenvalue weighted by Crippen LogP contribution is 2.36. The molecule has 1 aliphatic rings. The molecule has 0 atom stereocenters. The molecule has 0 unspecified atom stereocenters. The summed E-state index contributed by atoms with van der Waals surface area (Å²) in [7, 11) is 0. The van der Waals surface area contributed by atoms with E-state index in [-0.39, 0.29) is 11.5 Å². The van der Waals surface area contributed by atoms with Crippen molar-refractivity contribution in [3.05, 3.63) is 82.9 Å². The van der Waals surface area contributed by atoms with Gasteiger partial charge in [0.1, 0.15) is 11.5 Å². The Morgan fingerprint density at radius 2 is 1.81 bits per heavy atom. The molecule has 5 heteroatoms. The molecule has 1 aliphatic carbocycles. The van der Waals surface area contributed by atoms with Crippen molar-refractivity contribution < 1.29 is 9.18 Å². The SMILES string of the molecule is O=C(Cl)c1nn(-c2ccc(F)cc2)c2c1CCCC2=Cc1ccccc1. The van der Waals surface area contributed by atoms with Crippen LogP contribution in [-0.2, 0) is 6.42 Å². The lowest BCUT2D eigenvalue weighted by molar-refractivity contribution is 0.107. The summed E-state index contributed by atoms with van der Waals surface area (Å²) in [5, 5.41) is 3.89. The Kier molecular flexibility index (Phi) is 4.43. The fraction of sp³-hybridized carbons (Fsp3) is 0.143. The van der Waals surface area contributed by atoms with Crippen molar-refractivity contribution in [1.82, 2.24) is 9.78 Å². The average molecular weight is 367 g/mol. The van der Waals surface area contributed by atoms with Gasteiger partial charge >= 0.3 is 0 Å². The van der Waals surface area contributed by atoms with Gasteiger partial charge in [-0.25, -0.2) is 9.07 Å². The summed E-state index contributed by atoms with van der Waals surface area (Å²) in [5.41, 5.74) is 4.91. The van der Waals surface area contributed by atoms with Gasteiger partial charge in [-0.1, -0.05) is 30.3 Å². The van der Waals surface area contributed by atoms with Crippen molar-refractivity contribution in [1.29, 1.82) is 0 Å². The number of nitrogens with zero attached hydrogens (tertiary/aromatic N) is 2. The number of hydrogen-bond acceptors (Lipinski definition) is 2. The summed E-state index contributed by atoms with van der Waals surface area (Å²) in [6, 6.07) is 16.1. The van der Waals surface area contributed by atoms with Crippen molar-refractivity contribution in [3.8, 4) is 5.69 Å². The van der Waals surface area contributed by atoms with Gasteiger partial charge in [0.15, 0.2) is 0 Å². The largest absolute Gasteiger partial charge is 0.274 e. The van der Waals surface area contributed by atoms with Gasteiger partial charge in [-0.05, 0) is 72.3 Å². The van der Waals surface area contributed by atoms with Crippen molar-refractivity contribution in [3.63, 3.8) is 0 Å². The number of rotatable bonds is 3. The second kappa shape index (κ2) is 6.89. The minimum Gasteiger partial charge on any atom is -0.274 e. The topological polar surface area (TPSA) is 34.9 Å². The zero-order chi connectivity index (χ0) is 18.1. The molecule has 130 valence electrons. The molecule has 0 amide bonds. The molecule has 0 saturated heterocycles. The zero-order valence-corrected chi connectivity index (χ0v) is 14.7. The van der Waals surface area contributed by atoms with Gasteiger partial charge in [-0.15, -0.1) is 0 Å². The van der Waals surface area contributed by atoms with Crippen molar-refractivity contribution in [2.45, 2.75) is 19.3 Å². The molecule has 2 aromatic carbocycles. The van der Waals surface area contributed by atoms with Gasteiger partial charge in [0.05, 0.1) is 11.4 Å². The van der Waals surface area contributed by atoms with E-state index in [4.69, 9.17) is 11.6 Å². The number of aromatic nitrogens is 2. The van der Waals surface area contributed by atoms with Gasteiger partial charge in [-0.2, -0.15) is 5.10 Å². The molecule has 0 radical (unpaired) electrons. The van der Waals surface area contributed by atoms with Crippen LogP contribution >= 0.6 is 11.6 Å². The first kappa shape index (κ1) is 16.7. The van der Waals surface area contributed by atoms with Crippen LogP contribution < -0.4 is 0 Å². The Hall–Kier alpha value is -2.72. The quantitative estimate of drug-likeness (QED) is 0.592. The van der Waals surface area contributed by atoms with E-state index >= 15 is 0 Å². The number of carbonyl (C=O) groups is 1. The third kappa shape index (κ3) is 3.08. The minimum atomic E-state index is -0.567. The third-order valence-corrected chi connectivity index (χ3v) is 4.74. The van der Waals surface area contributed by atoms with E-state index in [1.165, 1.54) is 12.1 Å². The summed E-state index contributed by atoms with van der Waals surface area (Å²) in [6.07, 6.45) is 4.67. The van der Waals surface area contributed by atoms with E-state index in [1.54, 1.807) is 16.8 Å². The fourth-order valence-corrected chi connectivity index (χ4v) is 3.56. The van der Waals surface area contributed by atoms with Gasteiger partial charge in [0, 0.05) is 5.56 Å². The van der Waals surface area contributed by atoms with Crippen LogP contribution in [0.25, 0.3) is 17.3 Å². The van der Waals surface area contributed by atoms with E-state index in [0.717, 1.165) is 41.7 Å². The van der Waals surface area contributed by atoms with Crippen LogP contribution in [0.2, 0.25) is 0 Å². The van der Waals surface area contributed by atoms with Crippen LogP contribution in [-0.4, -0.2) is 15.0 Å². The molecular weight excluding hydrogens is 351 g/mol. The maximum atomic E-state index is 13.3. The van der Waals surface area contributed by atoms with Crippen LogP contribution in [0, 0.1) is 5.82 Å². The van der Waals surface area contributed by atoms with Gasteiger partial charge in [0.2, 0.25) is 0 Å². The minimum absolute atomic E-state index is 0.282. The Bertz CT molecular complexity index is 991. The lowest BCUT2D eigenvalue weighted by Crippen LogP contribution is -2.07. The Morgan fingerprint density at radius 3 is 2.50 bits per heavy atom. The second-order valence-corrected chi connectivity index (χ2v) is 6.61. The number of hydrogen-bond donors (Lipinski definition) is 0. The molecule has 1 aromatic heterocycles. The molecular formula is C21H16ClFN2O. The van der Waals surface area contributed by atoms with Crippen molar-refractivity contribution in [2.75, 3.05) is 0 Å². The van der Waals surface area contributed by atoms with Crippen LogP contribution in [0.15, 0.2) is 54.6 Å². The summed E-state index contributed by atoms with van der Waals surface area (Å²) < 4.78 is 15.0. The predicted octanol–water partition coefficient (Wildman–Crippen LogP) is 5.27. The van der Waals surface area contributed by atoms with Gasteiger partial charge < -0.3 is 0 Å². The van der Waals surface area contributed by atoms with E-state index in [1.807, 2.05) is 30.3 Å². The van der Waals surface area contributed by atoms with Crippen LogP contribution in [0.1, 0.15) is 40.2 Å². The number of allylic oxidation sites excluding steroid dienone is 1. The van der Waals surface area contributed by atoms with E-state index in [9.17, 15) is 9.18 Å². The first-order valence-corrected chi connectivity index (χ1v) is 8.85. The highest BCUT2D eigenvalue weighted by molar-refractivity contribution is 6.67. The Morgan fingerprint density at radius 1 is 1.08 bits per heavy atom. The lowest BCUT2D eigenvalue weighted by atomic mass is 9.90. The number of fused-ring (bicyclic) bond motifs is 1. The van der Waals surface area contributed by atoms with E-state index in [2.05, 4.69) is 11.2 Å². The molecule has 0 fully saturated rings. The van der Waals surface area contributed by atoms with Crippen LogP contribution in [0.4, 0.5) is 4.39 Å². The molecule has 0 spiro atoms. The van der Waals surface area contributed by atoms with Gasteiger partial charge in [-0.3, -0.25) is 4.79 Å². The summed E-state index contributed by atoms with van der Waals surface area (Å²) in [5.74, 6) is -0.316. The maximum Gasteiger partial charge on any atom is 0.273 e. The maximum absolute atomic E-state index is 13.3. The van der Waals surface area contributed by atoms with Gasteiger partial charge in [0.25, 0.3) is 5.24 Å². The molecule has 0 N–H and O–H groups in total. The Labute approximate surface area is 155 Å². The fourth-order valence-electron chi connectivity index (χ4n) is 3.41. The smallest absolute Gasteiger partial charge is 0.273 e. The first-order valence-electron chi connectivity index (χ1n) is 8.47. The van der Waals surface area contributed by atoms with Crippen LogP contribution in [0.5, 0.6) is 0 Å². The first-order chi connectivity index (χ1) is 12.6.